The van der Waals surface area contributed by atoms with Crippen LogP contribution < -0.4 is 30.6 Å². The van der Waals surface area contributed by atoms with Gasteiger partial charge in [-0.15, -0.1) is 11.2 Å². The molecule has 0 bridgehead atoms. The van der Waals surface area contributed by atoms with Crippen LogP contribution in [-0.2, 0) is 48.1 Å². The third-order valence-electron chi connectivity index (χ3n) is 13.9. The number of benzene rings is 4. The molecule has 4 rings (SSSR count). The Balaban J connectivity index is -0.000000655. The minimum absolute atomic E-state index is 0. The topological polar surface area (TPSA) is 197 Å². The van der Waals surface area contributed by atoms with E-state index in [0.29, 0.717) is 48.4 Å². The molecule has 4 aromatic carbocycles. The first-order valence-corrected chi connectivity index (χ1v) is 33.7. The van der Waals surface area contributed by atoms with E-state index in [1.165, 1.54) is 19.3 Å². The fourth-order valence-corrected chi connectivity index (χ4v) is 8.39. The zero-order valence-corrected chi connectivity index (χ0v) is 72.2. The van der Waals surface area contributed by atoms with Crippen LogP contribution >= 0.6 is 0 Å². The van der Waals surface area contributed by atoms with Crippen molar-refractivity contribution in [1.29, 1.82) is 0 Å². The molecule has 0 aliphatic heterocycles. The summed E-state index contributed by atoms with van der Waals surface area (Å²) in [5.74, 6) is 0.139. The van der Waals surface area contributed by atoms with Crippen molar-refractivity contribution in [3.05, 3.63) is 115 Å². The number of hydrogen-bond acceptors (Lipinski definition) is 11. The van der Waals surface area contributed by atoms with Gasteiger partial charge in [0.05, 0.1) is 26.2 Å². The Labute approximate surface area is 644 Å². The van der Waals surface area contributed by atoms with Crippen LogP contribution in [0.4, 0.5) is 0 Å². The number of ether oxygens (including phenoxy) is 1. The van der Waals surface area contributed by atoms with Crippen LogP contribution in [0.15, 0.2) is 68.5 Å². The second-order valence-electron chi connectivity index (χ2n) is 34.3. The quantitative estimate of drug-likeness (QED) is 0.0884. The molecule has 0 saturated heterocycles. The van der Waals surface area contributed by atoms with E-state index >= 15 is 0 Å². The Morgan fingerprint density at radius 2 is 0.457 bits per heavy atom. The smallest absolute Gasteiger partial charge is 0.872 e. The standard InChI is InChI=1S/2C32H48N2O2.C5H12.2C4H9O.C4H10O.2Ce/c2*1-29(2,3)23-15-21(27(35)25(17-23)31(7,8)9)19-33-13-14-34-20-22-16-24(30(4,5)6)18-26(28(22)36)32(10,11)12;1-3-5-4-2;2*1-4(2,3)5;1-3-5-4-2;;/h2*15-20,35-36H,13-14H2,1-12H3;3-5H2,1-2H3;2*1-3H3;3-4H2,1-2H3;;/q;;;2*-1;;2*+3/p-4. The van der Waals surface area contributed by atoms with Gasteiger partial charge >= 0.3 is 83.5 Å². The van der Waals surface area contributed by atoms with E-state index in [-0.39, 0.29) is 150 Å². The SMILES string of the molecule is CC(C)(C)[O-].CC(C)(C)[O-].CC(C)(C)c1cc(C=NCCN=Cc2cc(C(C)(C)C)cc(C(C)(C)C)c2[O-])c([O-])c(C(C)(C)C)c1.CC(C)(C)c1cc(C=NCCN=Cc2cc(C(C)(C)C)cc(C(C)(C)C)c2[O-])c([O-])c(C(C)(C)C)c1.CCCCC.CCOCC.[Ce+3].[Ce+3]. The summed E-state index contributed by atoms with van der Waals surface area (Å²) in [4.78, 5) is 18.0. The van der Waals surface area contributed by atoms with E-state index in [0.717, 1.165) is 57.7 Å². The molecule has 0 aliphatic carbocycles. The van der Waals surface area contributed by atoms with Crippen molar-refractivity contribution in [2.24, 2.45) is 20.0 Å². The van der Waals surface area contributed by atoms with Gasteiger partial charge in [-0.1, -0.05) is 312 Å². The van der Waals surface area contributed by atoms with Gasteiger partial charge in [-0.2, -0.15) is 0 Å². The van der Waals surface area contributed by atoms with Crippen molar-refractivity contribution >= 4 is 24.9 Å². The molecule has 13 heteroatoms. The zero-order valence-electron chi connectivity index (χ0n) is 65.9. The normalized spacial score (nSPS) is 12.7. The summed E-state index contributed by atoms with van der Waals surface area (Å²) < 4.78 is 4.83. The Kier molecular flexibility index (Phi) is 43.5. The van der Waals surface area contributed by atoms with Crippen molar-refractivity contribution in [3.8, 4) is 23.0 Å². The maximum atomic E-state index is 13.1. The van der Waals surface area contributed by atoms with Crippen molar-refractivity contribution < 1.29 is 119 Å². The second kappa shape index (κ2) is 41.8. The molecule has 0 aliphatic rings. The van der Waals surface area contributed by atoms with Gasteiger partial charge < -0.3 is 35.4 Å². The molecule has 0 amide bonds. The fraction of sp³-hybridized carbons (Fsp3) is 0.654. The second-order valence-corrected chi connectivity index (χ2v) is 34.3. The summed E-state index contributed by atoms with van der Waals surface area (Å²) in [6.45, 7) is 72.3. The Morgan fingerprint density at radius 1 is 0.298 bits per heavy atom. The molecule has 0 atom stereocenters. The van der Waals surface area contributed by atoms with Gasteiger partial charge in [-0.3, -0.25) is 20.0 Å². The van der Waals surface area contributed by atoms with Crippen LogP contribution in [0.1, 0.15) is 321 Å². The van der Waals surface area contributed by atoms with Crippen LogP contribution in [0.5, 0.6) is 23.0 Å². The van der Waals surface area contributed by atoms with Gasteiger partial charge in [-0.25, -0.2) is 0 Å². The van der Waals surface area contributed by atoms with Crippen molar-refractivity contribution in [2.75, 3.05) is 39.4 Å². The molecule has 0 N–H and O–H groups in total. The van der Waals surface area contributed by atoms with Crippen molar-refractivity contribution in [2.45, 2.75) is 309 Å². The first-order valence-electron chi connectivity index (χ1n) is 33.7. The maximum Gasteiger partial charge on any atom is 3.00 e. The zero-order chi connectivity index (χ0) is 72.6. The van der Waals surface area contributed by atoms with Gasteiger partial charge in [0.15, 0.2) is 0 Å². The van der Waals surface area contributed by atoms with Crippen LogP contribution in [0.2, 0.25) is 0 Å². The van der Waals surface area contributed by atoms with E-state index in [1.807, 2.05) is 62.4 Å². The summed E-state index contributed by atoms with van der Waals surface area (Å²) >= 11 is 0. The minimum Gasteiger partial charge on any atom is -0.872 e. The summed E-state index contributed by atoms with van der Waals surface area (Å²) in [6, 6.07) is 16.0. The van der Waals surface area contributed by atoms with Gasteiger partial charge in [0.2, 0.25) is 0 Å². The molecule has 94 heavy (non-hydrogen) atoms. The third-order valence-corrected chi connectivity index (χ3v) is 13.9. The van der Waals surface area contributed by atoms with Crippen LogP contribution in [0, 0.1) is 83.5 Å². The van der Waals surface area contributed by atoms with E-state index in [4.69, 9.17) is 4.74 Å². The Morgan fingerprint density at radius 3 is 0.553 bits per heavy atom. The van der Waals surface area contributed by atoms with Crippen molar-refractivity contribution in [3.63, 3.8) is 0 Å². The first kappa shape index (κ1) is 97.8. The fourth-order valence-electron chi connectivity index (χ4n) is 8.39. The molecule has 0 fully saturated rings. The molecule has 0 spiro atoms. The molecule has 0 saturated carbocycles. The predicted molar refractivity (Wildman–Crippen MR) is 390 cm³/mol. The van der Waals surface area contributed by atoms with E-state index < -0.39 is 11.2 Å². The molecule has 2 radical (unpaired) electrons. The molecule has 11 nitrogen and oxygen atoms in total. The molecule has 0 heterocycles. The summed E-state index contributed by atoms with van der Waals surface area (Å²) in [7, 11) is 0. The monoisotopic (exact) mass is 1550 g/mol. The molecule has 526 valence electrons. The van der Waals surface area contributed by atoms with Gasteiger partial charge in [0.1, 0.15) is 0 Å². The number of hydrogen-bond donors (Lipinski definition) is 0. The maximum absolute atomic E-state index is 13.1. The van der Waals surface area contributed by atoms with E-state index in [2.05, 4.69) is 200 Å². The van der Waals surface area contributed by atoms with Gasteiger partial charge in [0, 0.05) is 38.1 Å². The predicted octanol–water partition coefficient (Wildman–Crippen LogP) is 16.7. The minimum atomic E-state index is -0.750. The molecule has 0 unspecified atom stereocenters. The molecule has 4 aromatic rings. The van der Waals surface area contributed by atoms with E-state index in [1.54, 1.807) is 66.4 Å². The summed E-state index contributed by atoms with van der Waals surface area (Å²) in [6.07, 6.45) is 10.8. The average Bonchev–Trinajstić information content (AvgIpc) is 0.817. The molecular formula is C81H132Ce2N4O7. The third kappa shape index (κ3) is 40.5. The van der Waals surface area contributed by atoms with Crippen LogP contribution in [0.3, 0.4) is 0 Å². The molecular weight excluding hydrogens is 1420 g/mol. The van der Waals surface area contributed by atoms with Gasteiger partial charge in [0.25, 0.3) is 0 Å². The first-order chi connectivity index (χ1) is 41.3. The number of aliphatic imine (C=N–C) groups is 4. The Hall–Kier alpha value is -2.61. The number of nitrogens with zero attached hydrogens (tertiary/aromatic N) is 4. The van der Waals surface area contributed by atoms with Crippen LogP contribution in [-0.4, -0.2) is 75.5 Å². The number of unbranched alkanes of at least 4 members (excludes halogenated alkanes) is 2. The summed E-state index contributed by atoms with van der Waals surface area (Å²) in [5, 5.41) is 72.6. The van der Waals surface area contributed by atoms with Crippen molar-refractivity contribution in [1.82, 2.24) is 0 Å². The van der Waals surface area contributed by atoms with E-state index in [9.17, 15) is 30.6 Å². The average molecular weight is 1550 g/mol. The largest absolute Gasteiger partial charge is 3.00 e. The van der Waals surface area contributed by atoms with Crippen LogP contribution in [0.25, 0.3) is 0 Å². The molecule has 0 aromatic heterocycles. The number of rotatable bonds is 14. The Bertz CT molecular complexity index is 2560. The summed E-state index contributed by atoms with van der Waals surface area (Å²) in [5.41, 5.74) is 7.49. The van der Waals surface area contributed by atoms with Gasteiger partial charge in [-0.05, 0) is 124 Å².